The van der Waals surface area contributed by atoms with Gasteiger partial charge in [-0.05, 0) is 86.6 Å². The third-order valence-corrected chi connectivity index (χ3v) is 6.77. The van der Waals surface area contributed by atoms with Crippen LogP contribution in [-0.4, -0.2) is 30.6 Å². The molecule has 0 spiro atoms. The fourth-order valence-corrected chi connectivity index (χ4v) is 5.02. The van der Waals surface area contributed by atoms with Crippen LogP contribution in [0.4, 0.5) is 18.9 Å². The van der Waals surface area contributed by atoms with Crippen LogP contribution in [-0.2, 0) is 16.1 Å². The molecule has 0 saturated heterocycles. The van der Waals surface area contributed by atoms with Gasteiger partial charge in [0.15, 0.2) is 0 Å². The number of esters is 1. The summed E-state index contributed by atoms with van der Waals surface area (Å²) >= 11 is 0. The van der Waals surface area contributed by atoms with Gasteiger partial charge >= 0.3 is 12.3 Å². The van der Waals surface area contributed by atoms with Crippen LogP contribution in [0.3, 0.4) is 0 Å². The molecule has 1 aliphatic heterocycles. The predicted octanol–water partition coefficient (Wildman–Crippen LogP) is 7.24. The van der Waals surface area contributed by atoms with E-state index < -0.39 is 24.0 Å². The molecule has 39 heavy (non-hydrogen) atoms. The molecule has 2 atom stereocenters. The quantitative estimate of drug-likeness (QED) is 0.283. The van der Waals surface area contributed by atoms with E-state index >= 15 is 0 Å². The number of halogens is 3. The highest BCUT2D eigenvalue weighted by molar-refractivity contribution is 5.87. The molecule has 5 rings (SSSR count). The maximum atomic E-state index is 13.8. The van der Waals surface area contributed by atoms with Crippen molar-refractivity contribution in [1.82, 2.24) is 0 Å². The summed E-state index contributed by atoms with van der Waals surface area (Å²) in [6, 6.07) is 20.6. The van der Waals surface area contributed by atoms with Crippen LogP contribution in [0.25, 0.3) is 0 Å². The molecule has 1 heterocycles. The van der Waals surface area contributed by atoms with Gasteiger partial charge in [0.05, 0.1) is 6.61 Å². The molecular weight excluding hydrogens is 507 g/mol. The second-order valence-electron chi connectivity index (χ2n) is 11.2. The molecule has 2 unspecified atom stereocenters. The molecule has 8 heteroatoms. The highest BCUT2D eigenvalue weighted by Crippen LogP contribution is 2.47. The van der Waals surface area contributed by atoms with Crippen LogP contribution >= 0.6 is 0 Å². The minimum atomic E-state index is -4.80. The van der Waals surface area contributed by atoms with Crippen LogP contribution in [0.2, 0.25) is 0 Å². The lowest BCUT2D eigenvalue weighted by Crippen LogP contribution is -2.44. The molecule has 1 saturated carbocycles. The normalized spacial score (nSPS) is 19.0. The molecule has 3 aromatic rings. The van der Waals surface area contributed by atoms with Crippen molar-refractivity contribution in [3.8, 4) is 11.5 Å². The number of anilines is 1. The molecule has 1 fully saturated rings. The summed E-state index contributed by atoms with van der Waals surface area (Å²) in [5, 5.41) is 0. The van der Waals surface area contributed by atoms with Crippen LogP contribution in [0.15, 0.2) is 72.8 Å². The zero-order valence-electron chi connectivity index (χ0n) is 22.2. The molecule has 3 aromatic carbocycles. The first-order chi connectivity index (χ1) is 18.5. The van der Waals surface area contributed by atoms with Crippen molar-refractivity contribution in [2.24, 2.45) is 5.92 Å². The molecule has 2 aliphatic rings. The topological polar surface area (TPSA) is 48.0 Å². The first-order valence-corrected chi connectivity index (χ1v) is 13.1. The Morgan fingerprint density at radius 3 is 2.36 bits per heavy atom. The average Bonchev–Trinajstić information content (AvgIpc) is 3.62. The first-order valence-electron chi connectivity index (χ1n) is 13.1. The Bertz CT molecular complexity index is 1330. The maximum Gasteiger partial charge on any atom is 0.573 e. The number of fused-ring (bicyclic) bond motifs is 1. The lowest BCUT2D eigenvalue weighted by molar-refractivity contribution is -0.274. The van der Waals surface area contributed by atoms with Gasteiger partial charge in [-0.1, -0.05) is 42.5 Å². The smallest absolute Gasteiger partial charge is 0.493 e. The van der Waals surface area contributed by atoms with E-state index in [-0.39, 0.29) is 18.2 Å². The molecule has 0 bridgehead atoms. The van der Waals surface area contributed by atoms with Crippen molar-refractivity contribution in [3.63, 3.8) is 0 Å². The van der Waals surface area contributed by atoms with E-state index in [2.05, 4.69) is 4.74 Å². The van der Waals surface area contributed by atoms with E-state index in [1.54, 1.807) is 6.07 Å². The van der Waals surface area contributed by atoms with Gasteiger partial charge in [-0.3, -0.25) is 0 Å². The van der Waals surface area contributed by atoms with Crippen molar-refractivity contribution in [3.05, 3.63) is 89.5 Å². The van der Waals surface area contributed by atoms with Gasteiger partial charge in [0.25, 0.3) is 0 Å². The van der Waals surface area contributed by atoms with Gasteiger partial charge in [-0.15, -0.1) is 13.2 Å². The molecular formula is C31H32F3NO4. The van der Waals surface area contributed by atoms with Crippen molar-refractivity contribution >= 4 is 11.7 Å². The van der Waals surface area contributed by atoms with Crippen molar-refractivity contribution in [2.45, 2.75) is 64.1 Å². The summed E-state index contributed by atoms with van der Waals surface area (Å²) in [6.07, 6.45) is -2.43. The fourth-order valence-electron chi connectivity index (χ4n) is 5.02. The summed E-state index contributed by atoms with van der Waals surface area (Å²) in [6.45, 7) is 6.30. The molecule has 0 aromatic heterocycles. The van der Waals surface area contributed by atoms with E-state index in [9.17, 15) is 18.0 Å². The number of alkyl halides is 3. The highest BCUT2D eigenvalue weighted by Gasteiger charge is 2.45. The van der Waals surface area contributed by atoms with E-state index in [1.807, 2.05) is 74.2 Å². The minimum absolute atomic E-state index is 0.185. The van der Waals surface area contributed by atoms with E-state index in [1.165, 1.54) is 31.0 Å². The maximum absolute atomic E-state index is 13.8. The fraction of sp³-hybridized carbons (Fsp3) is 0.387. The van der Waals surface area contributed by atoms with Gasteiger partial charge in [-0.2, -0.15) is 0 Å². The molecule has 0 amide bonds. The van der Waals surface area contributed by atoms with Crippen LogP contribution in [0, 0.1) is 5.92 Å². The third kappa shape index (κ3) is 6.67. The predicted molar refractivity (Wildman–Crippen MR) is 142 cm³/mol. The van der Waals surface area contributed by atoms with Gasteiger partial charge < -0.3 is 19.1 Å². The van der Waals surface area contributed by atoms with E-state index in [4.69, 9.17) is 9.47 Å². The zero-order chi connectivity index (χ0) is 27.8. The second-order valence-corrected chi connectivity index (χ2v) is 11.2. The molecule has 1 aliphatic carbocycles. The molecule has 206 valence electrons. The number of carbonyl (C=O) groups excluding carboxylic acids is 1. The highest BCUT2D eigenvalue weighted by atomic mass is 19.4. The van der Waals surface area contributed by atoms with E-state index in [0.29, 0.717) is 18.1 Å². The number of rotatable bonds is 8. The number of para-hydroxylation sites is 1. The molecule has 5 nitrogen and oxygen atoms in total. The van der Waals surface area contributed by atoms with Crippen LogP contribution in [0.1, 0.15) is 56.2 Å². The second kappa shape index (κ2) is 10.5. The van der Waals surface area contributed by atoms with Crippen molar-refractivity contribution in [2.75, 3.05) is 11.5 Å². The van der Waals surface area contributed by atoms with Gasteiger partial charge in [0, 0.05) is 18.2 Å². The Kier molecular flexibility index (Phi) is 7.23. The first kappa shape index (κ1) is 26.9. The standard InChI is InChI=1S/C31H32F3NO4/c1-30(2,3)39-29(36)28-27(22-9-7-10-23(17-22)37-19-20-14-15-20)25-12-4-5-13-26(25)35(28)18-21-8-6-11-24(16-21)38-31(32,33)34/h4-13,16-17,20,27-28H,14-15,18-19H2,1-3H3. The third-order valence-electron chi connectivity index (χ3n) is 6.77. The van der Waals surface area contributed by atoms with Crippen LogP contribution < -0.4 is 14.4 Å². The monoisotopic (exact) mass is 539 g/mol. The Labute approximate surface area is 226 Å². The number of benzene rings is 3. The lowest BCUT2D eigenvalue weighted by atomic mass is 9.87. The van der Waals surface area contributed by atoms with Crippen molar-refractivity contribution in [1.29, 1.82) is 0 Å². The summed E-state index contributed by atoms with van der Waals surface area (Å²) in [4.78, 5) is 15.7. The number of carbonyl (C=O) groups is 1. The number of ether oxygens (including phenoxy) is 3. The molecule has 0 radical (unpaired) electrons. The molecule has 0 N–H and O–H groups in total. The minimum Gasteiger partial charge on any atom is -0.493 e. The van der Waals surface area contributed by atoms with Crippen LogP contribution in [0.5, 0.6) is 11.5 Å². The summed E-state index contributed by atoms with van der Waals surface area (Å²) in [7, 11) is 0. The summed E-state index contributed by atoms with van der Waals surface area (Å²) in [5.74, 6) is 0.266. The number of nitrogens with zero attached hydrogens (tertiary/aromatic N) is 1. The largest absolute Gasteiger partial charge is 0.573 e. The Balaban J connectivity index is 1.53. The van der Waals surface area contributed by atoms with E-state index in [0.717, 1.165) is 22.6 Å². The number of hydrogen-bond acceptors (Lipinski definition) is 5. The summed E-state index contributed by atoms with van der Waals surface area (Å²) < 4.78 is 54.7. The Morgan fingerprint density at radius 2 is 1.64 bits per heavy atom. The average molecular weight is 540 g/mol. The lowest BCUT2D eigenvalue weighted by Gasteiger charge is -2.32. The van der Waals surface area contributed by atoms with Gasteiger partial charge in [0.2, 0.25) is 0 Å². The Morgan fingerprint density at radius 1 is 0.923 bits per heavy atom. The SMILES string of the molecule is CC(C)(C)OC(=O)C1C(c2cccc(OCC3CC3)c2)c2ccccc2N1Cc1cccc(OC(F)(F)F)c1. The number of hydrogen-bond donors (Lipinski definition) is 0. The van der Waals surface area contributed by atoms with Crippen molar-refractivity contribution < 1.29 is 32.2 Å². The van der Waals surface area contributed by atoms with Gasteiger partial charge in [-0.25, -0.2) is 4.79 Å². The summed E-state index contributed by atoms with van der Waals surface area (Å²) in [5.41, 5.74) is 2.52. The Hall–Kier alpha value is -3.68. The van der Waals surface area contributed by atoms with Gasteiger partial charge in [0.1, 0.15) is 23.1 Å². The zero-order valence-corrected chi connectivity index (χ0v) is 22.2.